The van der Waals surface area contributed by atoms with Crippen LogP contribution in [-0.2, 0) is 5.54 Å². The van der Waals surface area contributed by atoms with Gasteiger partial charge in [0.05, 0.1) is 10.0 Å². The first-order valence-corrected chi connectivity index (χ1v) is 7.92. The Morgan fingerprint density at radius 2 is 2.05 bits per heavy atom. The Morgan fingerprint density at radius 3 is 2.76 bits per heavy atom. The summed E-state index contributed by atoms with van der Waals surface area (Å²) in [6, 6.07) is 7.66. The lowest BCUT2D eigenvalue weighted by atomic mass is 9.99. The van der Waals surface area contributed by atoms with Crippen LogP contribution in [0.4, 0.5) is 0 Å². The van der Waals surface area contributed by atoms with Crippen molar-refractivity contribution in [2.75, 3.05) is 0 Å². The summed E-state index contributed by atoms with van der Waals surface area (Å²) in [6.07, 6.45) is 3.72. The standard InChI is InChI=1S/C15H18BrN3O2/c1-10(20-12-7-3-2-6-11(12)16)13-18-14(19-21-13)15(17)8-4-5-9-15/h2-3,6-7,10H,4-5,8-9,17H2,1H3. The van der Waals surface area contributed by atoms with E-state index in [1.54, 1.807) is 0 Å². The van der Waals surface area contributed by atoms with Crippen LogP contribution < -0.4 is 10.5 Å². The molecule has 1 fully saturated rings. The maximum atomic E-state index is 6.34. The molecule has 0 saturated heterocycles. The van der Waals surface area contributed by atoms with Crippen LogP contribution in [0.1, 0.15) is 50.4 Å². The van der Waals surface area contributed by atoms with Crippen molar-refractivity contribution in [2.24, 2.45) is 5.73 Å². The van der Waals surface area contributed by atoms with E-state index in [4.69, 9.17) is 15.0 Å². The molecule has 0 radical (unpaired) electrons. The van der Waals surface area contributed by atoms with Gasteiger partial charge in [0.15, 0.2) is 11.9 Å². The highest BCUT2D eigenvalue weighted by Crippen LogP contribution is 2.35. The van der Waals surface area contributed by atoms with Crippen LogP contribution in [0.15, 0.2) is 33.3 Å². The van der Waals surface area contributed by atoms with Crippen molar-refractivity contribution in [3.05, 3.63) is 40.5 Å². The van der Waals surface area contributed by atoms with E-state index in [1.807, 2.05) is 31.2 Å². The number of hydrogen-bond donors (Lipinski definition) is 1. The first-order valence-electron chi connectivity index (χ1n) is 7.13. The van der Waals surface area contributed by atoms with Gasteiger partial charge in [-0.1, -0.05) is 30.1 Å². The third-order valence-electron chi connectivity index (χ3n) is 3.87. The molecule has 6 heteroatoms. The van der Waals surface area contributed by atoms with Crippen molar-refractivity contribution in [2.45, 2.75) is 44.2 Å². The van der Waals surface area contributed by atoms with E-state index in [0.717, 1.165) is 35.9 Å². The van der Waals surface area contributed by atoms with Crippen molar-refractivity contribution in [3.8, 4) is 5.75 Å². The summed E-state index contributed by atoms with van der Waals surface area (Å²) in [5, 5.41) is 4.05. The average Bonchev–Trinajstić information content (AvgIpc) is 3.11. The lowest BCUT2D eigenvalue weighted by molar-refractivity contribution is 0.174. The van der Waals surface area contributed by atoms with Crippen LogP contribution in [0.5, 0.6) is 5.75 Å². The van der Waals surface area contributed by atoms with Crippen molar-refractivity contribution in [1.82, 2.24) is 10.1 Å². The third kappa shape index (κ3) is 2.96. The molecule has 1 aromatic carbocycles. The third-order valence-corrected chi connectivity index (χ3v) is 4.53. The number of nitrogens with zero attached hydrogens (tertiary/aromatic N) is 2. The highest BCUT2D eigenvalue weighted by atomic mass is 79.9. The minimum absolute atomic E-state index is 0.324. The predicted octanol–water partition coefficient (Wildman–Crippen LogP) is 3.70. The maximum absolute atomic E-state index is 6.34. The van der Waals surface area contributed by atoms with Gasteiger partial charge in [-0.15, -0.1) is 0 Å². The van der Waals surface area contributed by atoms with Gasteiger partial charge >= 0.3 is 0 Å². The number of nitrogens with two attached hydrogens (primary N) is 1. The van der Waals surface area contributed by atoms with E-state index in [9.17, 15) is 0 Å². The summed E-state index contributed by atoms with van der Waals surface area (Å²) in [6.45, 7) is 1.88. The molecule has 5 nitrogen and oxygen atoms in total. The Balaban J connectivity index is 1.75. The summed E-state index contributed by atoms with van der Waals surface area (Å²) in [5.74, 6) is 1.79. The smallest absolute Gasteiger partial charge is 0.267 e. The van der Waals surface area contributed by atoms with Crippen LogP contribution in [0.25, 0.3) is 0 Å². The minimum atomic E-state index is -0.436. The molecule has 1 unspecified atom stereocenters. The first kappa shape index (κ1) is 14.5. The molecule has 0 aliphatic heterocycles. The topological polar surface area (TPSA) is 74.2 Å². The molecule has 2 aromatic rings. The molecule has 1 aromatic heterocycles. The normalized spacial score (nSPS) is 18.6. The summed E-state index contributed by atoms with van der Waals surface area (Å²) in [5.41, 5.74) is 5.90. The molecule has 21 heavy (non-hydrogen) atoms. The highest BCUT2D eigenvalue weighted by Gasteiger charge is 2.36. The van der Waals surface area contributed by atoms with Gasteiger partial charge in [-0.05, 0) is 47.8 Å². The van der Waals surface area contributed by atoms with E-state index < -0.39 is 5.54 Å². The molecule has 0 amide bonds. The summed E-state index contributed by atoms with van der Waals surface area (Å²) >= 11 is 3.45. The summed E-state index contributed by atoms with van der Waals surface area (Å²) in [4.78, 5) is 4.45. The van der Waals surface area contributed by atoms with Crippen LogP contribution in [0.2, 0.25) is 0 Å². The second kappa shape index (κ2) is 5.77. The van der Waals surface area contributed by atoms with Crippen LogP contribution in [0.3, 0.4) is 0 Å². The fourth-order valence-corrected chi connectivity index (χ4v) is 2.99. The van der Waals surface area contributed by atoms with Gasteiger partial charge in [-0.25, -0.2) is 0 Å². The zero-order chi connectivity index (χ0) is 14.9. The van der Waals surface area contributed by atoms with Crippen LogP contribution >= 0.6 is 15.9 Å². The first-order chi connectivity index (χ1) is 10.1. The van der Waals surface area contributed by atoms with Gasteiger partial charge in [0.1, 0.15) is 5.75 Å². The molecule has 1 atom stereocenters. The molecule has 1 saturated carbocycles. The number of halogens is 1. The number of aromatic nitrogens is 2. The van der Waals surface area contributed by atoms with E-state index in [0.29, 0.717) is 11.7 Å². The Labute approximate surface area is 132 Å². The Hall–Kier alpha value is -1.40. The van der Waals surface area contributed by atoms with Crippen molar-refractivity contribution >= 4 is 15.9 Å². The Kier molecular flexibility index (Phi) is 3.99. The quantitative estimate of drug-likeness (QED) is 0.908. The van der Waals surface area contributed by atoms with Gasteiger partial charge in [0.25, 0.3) is 5.89 Å². The average molecular weight is 352 g/mol. The molecular formula is C15H18BrN3O2. The lowest BCUT2D eigenvalue weighted by Crippen LogP contribution is -2.34. The summed E-state index contributed by atoms with van der Waals surface area (Å²) in [7, 11) is 0. The number of ether oxygens (including phenoxy) is 1. The van der Waals surface area contributed by atoms with E-state index in [-0.39, 0.29) is 6.10 Å². The van der Waals surface area contributed by atoms with Crippen molar-refractivity contribution < 1.29 is 9.26 Å². The molecule has 2 N–H and O–H groups in total. The maximum Gasteiger partial charge on any atom is 0.267 e. The Bertz CT molecular complexity index is 623. The van der Waals surface area contributed by atoms with E-state index >= 15 is 0 Å². The molecule has 3 rings (SSSR count). The zero-order valence-corrected chi connectivity index (χ0v) is 13.5. The highest BCUT2D eigenvalue weighted by molar-refractivity contribution is 9.10. The van der Waals surface area contributed by atoms with Crippen LogP contribution in [0, 0.1) is 0 Å². The van der Waals surface area contributed by atoms with Gasteiger partial charge in [0, 0.05) is 0 Å². The van der Waals surface area contributed by atoms with Gasteiger partial charge in [0.2, 0.25) is 0 Å². The molecule has 0 spiro atoms. The number of rotatable bonds is 4. The number of hydrogen-bond acceptors (Lipinski definition) is 5. The summed E-state index contributed by atoms with van der Waals surface area (Å²) < 4.78 is 12.1. The molecule has 1 heterocycles. The van der Waals surface area contributed by atoms with E-state index in [1.165, 1.54) is 0 Å². The fraction of sp³-hybridized carbons (Fsp3) is 0.467. The van der Waals surface area contributed by atoms with E-state index in [2.05, 4.69) is 26.1 Å². The molecule has 1 aliphatic carbocycles. The van der Waals surface area contributed by atoms with Gasteiger partial charge in [-0.3, -0.25) is 0 Å². The molecule has 112 valence electrons. The van der Waals surface area contributed by atoms with Crippen LogP contribution in [-0.4, -0.2) is 10.1 Å². The predicted molar refractivity (Wildman–Crippen MR) is 81.8 cm³/mol. The van der Waals surface area contributed by atoms with Gasteiger partial charge in [-0.2, -0.15) is 4.98 Å². The fourth-order valence-electron chi connectivity index (χ4n) is 2.61. The largest absolute Gasteiger partial charge is 0.480 e. The zero-order valence-electron chi connectivity index (χ0n) is 11.9. The monoisotopic (exact) mass is 351 g/mol. The molecule has 0 bridgehead atoms. The molecule has 1 aliphatic rings. The second-order valence-electron chi connectivity index (χ2n) is 5.51. The molecular weight excluding hydrogens is 334 g/mol. The Morgan fingerprint density at radius 1 is 1.33 bits per heavy atom. The number of benzene rings is 1. The number of para-hydroxylation sites is 1. The van der Waals surface area contributed by atoms with Crippen molar-refractivity contribution in [3.63, 3.8) is 0 Å². The minimum Gasteiger partial charge on any atom is -0.480 e. The van der Waals surface area contributed by atoms with Gasteiger partial charge < -0.3 is 15.0 Å². The SMILES string of the molecule is CC(Oc1ccccc1Br)c1nc(C2(N)CCCC2)no1. The lowest BCUT2D eigenvalue weighted by Gasteiger charge is -2.18. The second-order valence-corrected chi connectivity index (χ2v) is 6.36. The van der Waals surface area contributed by atoms with Crippen molar-refractivity contribution in [1.29, 1.82) is 0 Å².